The van der Waals surface area contributed by atoms with E-state index in [0.717, 1.165) is 11.1 Å². The third-order valence-corrected chi connectivity index (χ3v) is 7.36. The summed E-state index contributed by atoms with van der Waals surface area (Å²) in [6.45, 7) is 4.37. The van der Waals surface area contributed by atoms with Crippen LogP contribution in [0.1, 0.15) is 39.5 Å². The van der Waals surface area contributed by atoms with Gasteiger partial charge < -0.3 is 14.7 Å². The molecule has 0 saturated heterocycles. The van der Waals surface area contributed by atoms with Crippen molar-refractivity contribution in [2.24, 2.45) is 0 Å². The number of pyridine rings is 1. The first-order valence-corrected chi connectivity index (χ1v) is 12.7. The fourth-order valence-electron chi connectivity index (χ4n) is 4.43. The zero-order chi connectivity index (χ0) is 25.9. The molecule has 1 unspecified atom stereocenters. The van der Waals surface area contributed by atoms with Gasteiger partial charge in [0.25, 0.3) is 5.91 Å². The Bertz CT molecular complexity index is 1460. The van der Waals surface area contributed by atoms with E-state index in [1.54, 1.807) is 37.5 Å². The maximum atomic E-state index is 14.0. The zero-order valence-corrected chi connectivity index (χ0v) is 21.2. The van der Waals surface area contributed by atoms with Gasteiger partial charge in [-0.2, -0.15) is 0 Å². The van der Waals surface area contributed by atoms with E-state index in [1.165, 1.54) is 16.2 Å². The highest BCUT2D eigenvalue weighted by Crippen LogP contribution is 2.42. The van der Waals surface area contributed by atoms with E-state index in [-0.39, 0.29) is 12.1 Å². The summed E-state index contributed by atoms with van der Waals surface area (Å²) < 4.78 is 5.57. The lowest BCUT2D eigenvalue weighted by molar-refractivity contribution is -0.130. The maximum Gasteiger partial charge on any atom is 0.290 e. The number of aryl methyl sites for hydroxylation is 1. The second-order valence-corrected chi connectivity index (χ2v) is 9.59. The number of carbonyl (C=O) groups excluding carboxylic acids is 2. The van der Waals surface area contributed by atoms with Crippen molar-refractivity contribution in [3.63, 3.8) is 0 Å². The summed E-state index contributed by atoms with van der Waals surface area (Å²) in [6.07, 6.45) is 3.32. The lowest BCUT2D eigenvalue weighted by Gasteiger charge is -2.27. The number of rotatable bonds is 8. The average molecular weight is 512 g/mol. The van der Waals surface area contributed by atoms with Crippen molar-refractivity contribution in [2.75, 3.05) is 6.61 Å². The van der Waals surface area contributed by atoms with Gasteiger partial charge in [0.1, 0.15) is 10.8 Å². The molecule has 0 fully saturated rings. The Morgan fingerprint density at radius 1 is 1.08 bits per heavy atom. The van der Waals surface area contributed by atoms with E-state index in [0.29, 0.717) is 33.5 Å². The molecule has 2 aromatic carbocycles. The van der Waals surface area contributed by atoms with Gasteiger partial charge in [0.15, 0.2) is 5.76 Å². The molecule has 0 radical (unpaired) electrons. The molecule has 1 atom stereocenters. The topological polar surface area (TPSA) is 92.6 Å². The van der Waals surface area contributed by atoms with Crippen molar-refractivity contribution in [3.8, 4) is 16.3 Å². The number of carbonyl (C=O) groups is 2. The highest BCUT2D eigenvalue weighted by molar-refractivity contribution is 7.17. The molecule has 0 aliphatic carbocycles. The van der Waals surface area contributed by atoms with Crippen LogP contribution in [0.5, 0.6) is 5.75 Å². The number of Topliss-reactive ketones (excluding diaryl/α,β-unsaturated/α-hetero) is 1. The van der Waals surface area contributed by atoms with Crippen LogP contribution >= 0.6 is 11.3 Å². The van der Waals surface area contributed by atoms with E-state index >= 15 is 0 Å². The van der Waals surface area contributed by atoms with Crippen LogP contribution in [0.15, 0.2) is 90.5 Å². The van der Waals surface area contributed by atoms with Crippen molar-refractivity contribution in [1.29, 1.82) is 0 Å². The molecule has 186 valence electrons. The minimum Gasteiger partial charge on any atom is -0.503 e. The summed E-state index contributed by atoms with van der Waals surface area (Å²) in [5.41, 5.74) is 2.98. The fraction of sp³-hybridized carbons (Fsp3) is 0.172. The van der Waals surface area contributed by atoms with Crippen LogP contribution in [0.2, 0.25) is 0 Å². The molecule has 0 bridgehead atoms. The number of benzene rings is 2. The molecule has 5 rings (SSSR count). The Labute approximate surface area is 218 Å². The van der Waals surface area contributed by atoms with Gasteiger partial charge in [0, 0.05) is 24.5 Å². The molecule has 1 N–H and O–H groups in total. The number of thiazole rings is 1. The van der Waals surface area contributed by atoms with Crippen molar-refractivity contribution in [1.82, 2.24) is 14.9 Å². The molecule has 2 aromatic heterocycles. The molecule has 4 aromatic rings. The first-order chi connectivity index (χ1) is 18.0. The van der Waals surface area contributed by atoms with Crippen LogP contribution in [0.3, 0.4) is 0 Å². The second kappa shape index (κ2) is 10.4. The summed E-state index contributed by atoms with van der Waals surface area (Å²) in [4.78, 5) is 37.9. The molecule has 0 spiro atoms. The third kappa shape index (κ3) is 4.75. The van der Waals surface area contributed by atoms with Gasteiger partial charge in [-0.25, -0.2) is 4.98 Å². The van der Waals surface area contributed by atoms with Crippen LogP contribution in [-0.2, 0) is 11.3 Å². The quantitative estimate of drug-likeness (QED) is 0.306. The van der Waals surface area contributed by atoms with Crippen LogP contribution in [-0.4, -0.2) is 38.3 Å². The number of aliphatic hydroxyl groups is 1. The molecule has 1 aliphatic rings. The molecule has 8 heteroatoms. The first kappa shape index (κ1) is 24.4. The van der Waals surface area contributed by atoms with E-state index < -0.39 is 23.5 Å². The molecule has 7 nitrogen and oxygen atoms in total. The normalized spacial score (nSPS) is 15.4. The lowest BCUT2D eigenvalue weighted by atomic mass is 9.95. The number of aromatic nitrogens is 2. The number of ether oxygens (including phenoxy) is 1. The molecule has 0 saturated carbocycles. The Kier molecular flexibility index (Phi) is 6.83. The van der Waals surface area contributed by atoms with E-state index in [4.69, 9.17) is 4.74 Å². The van der Waals surface area contributed by atoms with Gasteiger partial charge in [-0.3, -0.25) is 14.6 Å². The predicted molar refractivity (Wildman–Crippen MR) is 141 cm³/mol. The maximum absolute atomic E-state index is 14.0. The summed E-state index contributed by atoms with van der Waals surface area (Å²) in [6, 6.07) is 19.7. The van der Waals surface area contributed by atoms with Crippen molar-refractivity contribution >= 4 is 23.0 Å². The highest BCUT2D eigenvalue weighted by Gasteiger charge is 2.44. The first-order valence-electron chi connectivity index (χ1n) is 11.9. The van der Waals surface area contributed by atoms with Crippen LogP contribution in [0.4, 0.5) is 0 Å². The van der Waals surface area contributed by atoms with Crippen molar-refractivity contribution in [3.05, 3.63) is 112 Å². The Hall–Kier alpha value is -4.30. The highest BCUT2D eigenvalue weighted by atomic mass is 32.1. The fourth-order valence-corrected chi connectivity index (χ4v) is 5.46. The van der Waals surface area contributed by atoms with Crippen molar-refractivity contribution in [2.45, 2.75) is 26.4 Å². The van der Waals surface area contributed by atoms with E-state index in [2.05, 4.69) is 9.97 Å². The minimum absolute atomic E-state index is 0.0458. The number of nitrogens with zero attached hydrogens (tertiary/aromatic N) is 3. The van der Waals surface area contributed by atoms with Crippen LogP contribution in [0.25, 0.3) is 10.6 Å². The molecule has 3 heterocycles. The summed E-state index contributed by atoms with van der Waals surface area (Å²) in [5.74, 6) is -0.866. The monoisotopic (exact) mass is 511 g/mol. The molecule has 37 heavy (non-hydrogen) atoms. The van der Waals surface area contributed by atoms with Gasteiger partial charge in [-0.15, -0.1) is 11.3 Å². The molecular formula is C29H25N3O4S. The number of amides is 1. The predicted octanol–water partition coefficient (Wildman–Crippen LogP) is 5.69. The minimum atomic E-state index is -0.780. The molecular weight excluding hydrogens is 486 g/mol. The van der Waals surface area contributed by atoms with Crippen LogP contribution in [0, 0.1) is 6.92 Å². The Morgan fingerprint density at radius 2 is 1.84 bits per heavy atom. The van der Waals surface area contributed by atoms with Gasteiger partial charge in [-0.1, -0.05) is 48.5 Å². The van der Waals surface area contributed by atoms with Crippen molar-refractivity contribution < 1.29 is 19.4 Å². The molecule has 1 amide bonds. The number of aliphatic hydroxyl groups excluding tert-OH is 1. The number of hydrogen-bond acceptors (Lipinski definition) is 7. The summed E-state index contributed by atoms with van der Waals surface area (Å²) >= 11 is 1.26. The average Bonchev–Trinajstić information content (AvgIpc) is 3.43. The summed E-state index contributed by atoms with van der Waals surface area (Å²) in [7, 11) is 0. The van der Waals surface area contributed by atoms with E-state index in [1.807, 2.05) is 55.5 Å². The smallest absolute Gasteiger partial charge is 0.290 e. The third-order valence-electron chi connectivity index (χ3n) is 6.15. The summed E-state index contributed by atoms with van der Waals surface area (Å²) in [5, 5.41) is 11.7. The van der Waals surface area contributed by atoms with Gasteiger partial charge in [-0.05, 0) is 43.2 Å². The van der Waals surface area contributed by atoms with E-state index in [9.17, 15) is 14.7 Å². The van der Waals surface area contributed by atoms with Crippen LogP contribution < -0.4 is 4.74 Å². The largest absolute Gasteiger partial charge is 0.503 e. The van der Waals surface area contributed by atoms with Gasteiger partial charge in [0.05, 0.1) is 28.8 Å². The van der Waals surface area contributed by atoms with Gasteiger partial charge in [0.2, 0.25) is 5.78 Å². The number of ketones is 1. The lowest BCUT2D eigenvalue weighted by Crippen LogP contribution is -2.30. The Morgan fingerprint density at radius 3 is 2.51 bits per heavy atom. The zero-order valence-electron chi connectivity index (χ0n) is 20.4. The molecule has 1 aliphatic heterocycles. The second-order valence-electron chi connectivity index (χ2n) is 8.59. The standard InChI is InChI=1S/C29H25N3O4S/c1-3-36-22-13-11-20(12-14-22)24-23(26(34)29(35)32(24)17-19-8-7-15-30-16-19)25(33)27-18(2)31-28(37-27)21-9-5-4-6-10-21/h4-16,24,34H,3,17H2,1-2H3. The number of hydrogen-bond donors (Lipinski definition) is 1. The van der Waals surface area contributed by atoms with Gasteiger partial charge >= 0.3 is 0 Å². The Balaban J connectivity index is 1.57. The SMILES string of the molecule is CCOc1ccc(C2C(C(=O)c3sc(-c4ccccc4)nc3C)=C(O)C(=O)N2Cc2cccnc2)cc1.